The van der Waals surface area contributed by atoms with Gasteiger partial charge >= 0.3 is 0 Å². The van der Waals surface area contributed by atoms with Gasteiger partial charge in [0, 0.05) is 6.54 Å². The van der Waals surface area contributed by atoms with E-state index in [2.05, 4.69) is 27.2 Å². The second-order valence-electron chi connectivity index (χ2n) is 3.89. The molecule has 0 aliphatic carbocycles. The van der Waals surface area contributed by atoms with Crippen LogP contribution in [0.2, 0.25) is 0 Å². The highest BCUT2D eigenvalue weighted by Gasteiger charge is 2.19. The van der Waals surface area contributed by atoms with Crippen molar-refractivity contribution in [3.05, 3.63) is 35.1 Å². The molecule has 0 heterocycles. The van der Waals surface area contributed by atoms with Crippen LogP contribution in [0.15, 0.2) is 34.2 Å². The molecule has 0 saturated heterocycles. The third-order valence-electron chi connectivity index (χ3n) is 2.35. The van der Waals surface area contributed by atoms with Crippen molar-refractivity contribution < 1.29 is 17.5 Å². The van der Waals surface area contributed by atoms with E-state index in [1.54, 1.807) is 6.08 Å². The summed E-state index contributed by atoms with van der Waals surface area (Å²) >= 11 is 2.93. The lowest BCUT2D eigenvalue weighted by atomic mass is 10.3. The van der Waals surface area contributed by atoms with Crippen molar-refractivity contribution in [3.63, 3.8) is 0 Å². The number of rotatable bonds is 8. The van der Waals surface area contributed by atoms with E-state index in [1.165, 1.54) is 0 Å². The molecule has 0 aliphatic heterocycles. The monoisotopic (exact) mass is 366 g/mol. The van der Waals surface area contributed by atoms with Gasteiger partial charge in [0.05, 0.1) is 23.4 Å². The Morgan fingerprint density at radius 3 is 2.80 bits per heavy atom. The summed E-state index contributed by atoms with van der Waals surface area (Å²) in [6.07, 6.45) is 2.41. The zero-order valence-corrected chi connectivity index (χ0v) is 13.1. The van der Waals surface area contributed by atoms with Crippen LogP contribution in [0.1, 0.15) is 6.42 Å². The van der Waals surface area contributed by atoms with Gasteiger partial charge in [-0.2, -0.15) is 0 Å². The first kappa shape index (κ1) is 17.1. The van der Waals surface area contributed by atoms with Gasteiger partial charge in [-0.05, 0) is 34.5 Å². The summed E-state index contributed by atoms with van der Waals surface area (Å²) in [6.45, 7) is 4.36. The average Bonchev–Trinajstić information content (AvgIpc) is 2.37. The van der Waals surface area contributed by atoms with Crippen molar-refractivity contribution in [2.75, 3.05) is 25.5 Å². The van der Waals surface area contributed by atoms with Gasteiger partial charge in [0.2, 0.25) is 10.0 Å². The molecule has 1 rings (SSSR count). The molecule has 0 saturated carbocycles. The molecular weight excluding hydrogens is 351 g/mol. The van der Waals surface area contributed by atoms with Gasteiger partial charge in [-0.25, -0.2) is 17.5 Å². The SMILES string of the molecule is C=CCCOCCNS(=O)(=O)c1cc(Br)c(F)cc1N. The first-order valence-electron chi connectivity index (χ1n) is 5.81. The lowest BCUT2D eigenvalue weighted by molar-refractivity contribution is 0.144. The standard InChI is InChI=1S/C12H16BrFN2O3S/c1-2-3-5-19-6-4-16-20(17,18)12-7-9(13)10(14)8-11(12)15/h2,7-8,16H,1,3-6,15H2. The number of anilines is 1. The fourth-order valence-corrected chi connectivity index (χ4v) is 3.02. The molecule has 1 aromatic rings. The summed E-state index contributed by atoms with van der Waals surface area (Å²) < 4.78 is 44.8. The average molecular weight is 367 g/mol. The van der Waals surface area contributed by atoms with Crippen molar-refractivity contribution in [1.29, 1.82) is 0 Å². The Morgan fingerprint density at radius 2 is 2.15 bits per heavy atom. The summed E-state index contributed by atoms with van der Waals surface area (Å²) in [7, 11) is -3.79. The highest BCUT2D eigenvalue weighted by atomic mass is 79.9. The molecule has 0 unspecified atom stereocenters. The van der Waals surface area contributed by atoms with E-state index in [0.29, 0.717) is 13.0 Å². The Hall–Kier alpha value is -0.960. The van der Waals surface area contributed by atoms with Crippen LogP contribution < -0.4 is 10.5 Å². The summed E-state index contributed by atoms with van der Waals surface area (Å²) in [4.78, 5) is -0.170. The zero-order valence-electron chi connectivity index (χ0n) is 10.7. The van der Waals surface area contributed by atoms with Gasteiger partial charge < -0.3 is 10.5 Å². The van der Waals surface area contributed by atoms with Gasteiger partial charge in [0.15, 0.2) is 0 Å². The van der Waals surface area contributed by atoms with Gasteiger partial charge in [-0.3, -0.25) is 0 Å². The molecule has 112 valence electrons. The molecular formula is C12H16BrFN2O3S. The Bertz CT molecular complexity index is 578. The number of hydrogen-bond donors (Lipinski definition) is 2. The van der Waals surface area contributed by atoms with E-state index in [0.717, 1.165) is 12.1 Å². The van der Waals surface area contributed by atoms with E-state index in [1.807, 2.05) is 0 Å². The maximum absolute atomic E-state index is 13.2. The lowest BCUT2D eigenvalue weighted by Gasteiger charge is -2.10. The predicted molar refractivity (Wildman–Crippen MR) is 79.3 cm³/mol. The molecule has 0 fully saturated rings. The lowest BCUT2D eigenvalue weighted by Crippen LogP contribution is -2.28. The maximum Gasteiger partial charge on any atom is 0.242 e. The normalized spacial score (nSPS) is 11.5. The summed E-state index contributed by atoms with van der Waals surface area (Å²) in [6, 6.07) is 2.09. The van der Waals surface area contributed by atoms with Crippen molar-refractivity contribution in [1.82, 2.24) is 4.72 Å². The van der Waals surface area contributed by atoms with Crippen molar-refractivity contribution >= 4 is 31.6 Å². The third-order valence-corrected chi connectivity index (χ3v) is 4.47. The van der Waals surface area contributed by atoms with E-state index in [-0.39, 0.29) is 28.2 Å². The summed E-state index contributed by atoms with van der Waals surface area (Å²) in [5.41, 5.74) is 5.38. The van der Waals surface area contributed by atoms with Crippen molar-refractivity contribution in [3.8, 4) is 0 Å². The minimum atomic E-state index is -3.79. The van der Waals surface area contributed by atoms with Crippen LogP contribution in [0.4, 0.5) is 10.1 Å². The van der Waals surface area contributed by atoms with E-state index in [9.17, 15) is 12.8 Å². The molecule has 8 heteroatoms. The molecule has 0 radical (unpaired) electrons. The Labute approximate surface area is 126 Å². The fourth-order valence-electron chi connectivity index (χ4n) is 1.37. The van der Waals surface area contributed by atoms with E-state index >= 15 is 0 Å². The van der Waals surface area contributed by atoms with Gasteiger partial charge in [-0.1, -0.05) is 6.08 Å². The molecule has 0 atom stereocenters. The molecule has 0 aliphatic rings. The largest absolute Gasteiger partial charge is 0.398 e. The quantitative estimate of drug-likeness (QED) is 0.419. The second kappa shape index (κ2) is 7.72. The third kappa shape index (κ3) is 4.86. The number of nitrogens with one attached hydrogen (secondary N) is 1. The van der Waals surface area contributed by atoms with Gasteiger partial charge in [-0.15, -0.1) is 6.58 Å². The highest BCUT2D eigenvalue weighted by molar-refractivity contribution is 9.10. The van der Waals surface area contributed by atoms with Crippen LogP contribution >= 0.6 is 15.9 Å². The minimum absolute atomic E-state index is 0.0364. The Balaban J connectivity index is 2.65. The van der Waals surface area contributed by atoms with Crippen LogP contribution in [0.5, 0.6) is 0 Å². The Morgan fingerprint density at radius 1 is 1.45 bits per heavy atom. The first-order chi connectivity index (χ1) is 9.38. The summed E-state index contributed by atoms with van der Waals surface area (Å²) in [5.74, 6) is -0.616. The van der Waals surface area contributed by atoms with E-state index < -0.39 is 15.8 Å². The topological polar surface area (TPSA) is 81.4 Å². The van der Waals surface area contributed by atoms with Crippen LogP contribution in [-0.2, 0) is 14.8 Å². The van der Waals surface area contributed by atoms with Crippen LogP contribution in [0.25, 0.3) is 0 Å². The molecule has 0 spiro atoms. The molecule has 0 aromatic heterocycles. The highest BCUT2D eigenvalue weighted by Crippen LogP contribution is 2.25. The van der Waals surface area contributed by atoms with Crippen LogP contribution in [0, 0.1) is 5.82 Å². The van der Waals surface area contributed by atoms with Crippen molar-refractivity contribution in [2.45, 2.75) is 11.3 Å². The number of nitrogen functional groups attached to an aromatic ring is 1. The number of hydrogen-bond acceptors (Lipinski definition) is 4. The van der Waals surface area contributed by atoms with E-state index in [4.69, 9.17) is 10.5 Å². The molecule has 5 nitrogen and oxygen atoms in total. The molecule has 3 N–H and O–H groups in total. The Kier molecular flexibility index (Phi) is 6.60. The fraction of sp³-hybridized carbons (Fsp3) is 0.333. The van der Waals surface area contributed by atoms with Gasteiger partial charge in [0.1, 0.15) is 10.7 Å². The maximum atomic E-state index is 13.2. The number of nitrogens with two attached hydrogens (primary N) is 1. The predicted octanol–water partition coefficient (Wildman–Crippen LogP) is 2.04. The van der Waals surface area contributed by atoms with Crippen LogP contribution in [0.3, 0.4) is 0 Å². The van der Waals surface area contributed by atoms with Crippen LogP contribution in [-0.4, -0.2) is 28.2 Å². The molecule has 0 bridgehead atoms. The molecule has 20 heavy (non-hydrogen) atoms. The first-order valence-corrected chi connectivity index (χ1v) is 8.09. The smallest absolute Gasteiger partial charge is 0.242 e. The second-order valence-corrected chi connectivity index (χ2v) is 6.48. The summed E-state index contributed by atoms with van der Waals surface area (Å²) in [5, 5.41) is 0. The number of halogens is 2. The number of sulfonamides is 1. The van der Waals surface area contributed by atoms with Crippen molar-refractivity contribution in [2.24, 2.45) is 0 Å². The molecule has 1 aromatic carbocycles. The van der Waals surface area contributed by atoms with Gasteiger partial charge in [0.25, 0.3) is 0 Å². The molecule has 0 amide bonds. The number of ether oxygens (including phenoxy) is 1. The zero-order chi connectivity index (χ0) is 15.2. The minimum Gasteiger partial charge on any atom is -0.398 e. The number of benzene rings is 1.